The summed E-state index contributed by atoms with van der Waals surface area (Å²) in [6, 6.07) is 0. The normalized spacial score (nSPS) is 34.1. The minimum absolute atomic E-state index is 0.151. The molecule has 0 radical (unpaired) electrons. The van der Waals surface area contributed by atoms with Crippen molar-refractivity contribution in [2.45, 2.75) is 51.5 Å². The number of hydrogen-bond acceptors (Lipinski definition) is 3. The zero-order valence-corrected chi connectivity index (χ0v) is 8.88. The van der Waals surface area contributed by atoms with Gasteiger partial charge in [-0.15, -0.1) is 0 Å². The first-order chi connectivity index (χ1) is 6.63. The van der Waals surface area contributed by atoms with Crippen LogP contribution < -0.4 is 0 Å². The highest BCUT2D eigenvalue weighted by Crippen LogP contribution is 2.38. The third kappa shape index (κ3) is 1.45. The molecule has 0 amide bonds. The maximum absolute atomic E-state index is 11.7. The molecule has 1 fully saturated rings. The molecular weight excluding hydrogens is 178 g/mol. The van der Waals surface area contributed by atoms with E-state index < -0.39 is 5.54 Å². The first kappa shape index (κ1) is 9.69. The van der Waals surface area contributed by atoms with Gasteiger partial charge in [-0.1, -0.05) is 19.3 Å². The van der Waals surface area contributed by atoms with Crippen molar-refractivity contribution >= 4 is 11.9 Å². The van der Waals surface area contributed by atoms with E-state index in [1.807, 2.05) is 6.92 Å². The van der Waals surface area contributed by atoms with Crippen molar-refractivity contribution in [1.82, 2.24) is 0 Å². The van der Waals surface area contributed by atoms with Gasteiger partial charge in [0.15, 0.2) is 11.4 Å². The van der Waals surface area contributed by atoms with Crippen molar-refractivity contribution in [2.75, 3.05) is 0 Å². The van der Waals surface area contributed by atoms with Crippen LogP contribution in [0, 0.1) is 5.92 Å². The molecule has 0 bridgehead atoms. The molecule has 0 saturated heterocycles. The molecular formula is C11H17NO2. The monoisotopic (exact) mass is 195 g/mol. The van der Waals surface area contributed by atoms with Crippen molar-refractivity contribution in [2.24, 2.45) is 10.9 Å². The molecule has 0 N–H and O–H groups in total. The number of ether oxygens (including phenoxy) is 1. The largest absolute Gasteiger partial charge is 0.410 e. The molecule has 0 spiro atoms. The van der Waals surface area contributed by atoms with E-state index in [0.717, 1.165) is 12.8 Å². The molecule has 3 nitrogen and oxygen atoms in total. The van der Waals surface area contributed by atoms with Crippen molar-refractivity contribution in [1.29, 1.82) is 0 Å². The van der Waals surface area contributed by atoms with Gasteiger partial charge in [-0.2, -0.15) is 0 Å². The highest BCUT2D eigenvalue weighted by molar-refractivity contribution is 5.98. The fraction of sp³-hybridized carbons (Fsp3) is 0.818. The zero-order valence-electron chi connectivity index (χ0n) is 8.88. The number of aliphatic imine (C=N–C) groups is 1. The third-order valence-electron chi connectivity index (χ3n) is 3.44. The van der Waals surface area contributed by atoms with Gasteiger partial charge in [-0.25, -0.2) is 9.79 Å². The number of esters is 1. The smallest absolute Gasteiger partial charge is 0.340 e. The summed E-state index contributed by atoms with van der Waals surface area (Å²) < 4.78 is 5.04. The van der Waals surface area contributed by atoms with Crippen LogP contribution in [0.3, 0.4) is 0 Å². The summed E-state index contributed by atoms with van der Waals surface area (Å²) in [5.41, 5.74) is -0.579. The fourth-order valence-corrected chi connectivity index (χ4v) is 2.56. The summed E-state index contributed by atoms with van der Waals surface area (Å²) in [7, 11) is 0. The average molecular weight is 195 g/mol. The molecule has 2 rings (SSSR count). The number of cyclic esters (lactones) is 1. The molecule has 1 heterocycles. The molecule has 14 heavy (non-hydrogen) atoms. The Hall–Kier alpha value is -0.860. The van der Waals surface area contributed by atoms with Crippen LogP contribution >= 0.6 is 0 Å². The van der Waals surface area contributed by atoms with Gasteiger partial charge in [0, 0.05) is 6.92 Å². The van der Waals surface area contributed by atoms with E-state index in [0.29, 0.717) is 11.8 Å². The number of hydrogen-bond donors (Lipinski definition) is 0. The molecule has 1 aliphatic carbocycles. The Morgan fingerprint density at radius 3 is 2.50 bits per heavy atom. The highest BCUT2D eigenvalue weighted by Gasteiger charge is 2.46. The summed E-state index contributed by atoms with van der Waals surface area (Å²) in [4.78, 5) is 16.0. The summed E-state index contributed by atoms with van der Waals surface area (Å²) >= 11 is 0. The van der Waals surface area contributed by atoms with Crippen molar-refractivity contribution in [3.63, 3.8) is 0 Å². The van der Waals surface area contributed by atoms with E-state index in [2.05, 4.69) is 4.99 Å². The van der Waals surface area contributed by atoms with E-state index in [1.54, 1.807) is 6.92 Å². The lowest BCUT2D eigenvalue weighted by Gasteiger charge is -2.30. The Labute approximate surface area is 84.5 Å². The lowest BCUT2D eigenvalue weighted by molar-refractivity contribution is -0.140. The number of nitrogens with zero attached hydrogens (tertiary/aromatic N) is 1. The van der Waals surface area contributed by atoms with E-state index >= 15 is 0 Å². The number of carbonyl (C=O) groups is 1. The summed E-state index contributed by atoms with van der Waals surface area (Å²) in [5.74, 6) is 0.770. The van der Waals surface area contributed by atoms with Crippen LogP contribution in [0.5, 0.6) is 0 Å². The van der Waals surface area contributed by atoms with Gasteiger partial charge in [-0.3, -0.25) is 0 Å². The molecule has 1 aliphatic heterocycles. The van der Waals surface area contributed by atoms with E-state index in [9.17, 15) is 4.79 Å². The SMILES string of the molecule is CC1=NC(C)(C2CCCCC2)C(=O)O1. The average Bonchev–Trinajstić information content (AvgIpc) is 2.43. The van der Waals surface area contributed by atoms with Crippen LogP contribution in [0.4, 0.5) is 0 Å². The minimum Gasteiger partial charge on any atom is -0.410 e. The molecule has 0 aromatic rings. The number of carbonyl (C=O) groups excluding carboxylic acids is 1. The molecule has 1 unspecified atom stereocenters. The van der Waals surface area contributed by atoms with Crippen LogP contribution in [0.25, 0.3) is 0 Å². The van der Waals surface area contributed by atoms with E-state index in [-0.39, 0.29) is 5.97 Å². The first-order valence-electron chi connectivity index (χ1n) is 5.41. The van der Waals surface area contributed by atoms with Crippen molar-refractivity contribution in [3.8, 4) is 0 Å². The topological polar surface area (TPSA) is 38.7 Å². The molecule has 3 heteroatoms. The van der Waals surface area contributed by atoms with Gasteiger partial charge in [0.1, 0.15) is 0 Å². The fourth-order valence-electron chi connectivity index (χ4n) is 2.56. The third-order valence-corrected chi connectivity index (χ3v) is 3.44. The summed E-state index contributed by atoms with van der Waals surface area (Å²) in [6.45, 7) is 3.67. The molecule has 78 valence electrons. The predicted octanol–water partition coefficient (Wildman–Crippen LogP) is 2.30. The quantitative estimate of drug-likeness (QED) is 0.602. The molecule has 0 aromatic carbocycles. The summed E-state index contributed by atoms with van der Waals surface area (Å²) in [6.07, 6.45) is 5.97. The second kappa shape index (κ2) is 3.37. The second-order valence-electron chi connectivity index (χ2n) is 4.50. The predicted molar refractivity (Wildman–Crippen MR) is 54.2 cm³/mol. The molecule has 2 aliphatic rings. The van der Waals surface area contributed by atoms with Crippen molar-refractivity contribution < 1.29 is 9.53 Å². The molecule has 0 aromatic heterocycles. The Morgan fingerprint density at radius 1 is 1.36 bits per heavy atom. The first-order valence-corrected chi connectivity index (χ1v) is 5.41. The van der Waals surface area contributed by atoms with Crippen LogP contribution in [0.1, 0.15) is 46.0 Å². The maximum Gasteiger partial charge on any atom is 0.340 e. The van der Waals surface area contributed by atoms with Crippen LogP contribution in [-0.2, 0) is 9.53 Å². The van der Waals surface area contributed by atoms with Gasteiger partial charge in [-0.05, 0) is 25.7 Å². The minimum atomic E-state index is -0.579. The number of rotatable bonds is 1. The van der Waals surface area contributed by atoms with Gasteiger partial charge < -0.3 is 4.74 Å². The van der Waals surface area contributed by atoms with Crippen LogP contribution in [0.2, 0.25) is 0 Å². The van der Waals surface area contributed by atoms with Gasteiger partial charge in [0.2, 0.25) is 0 Å². The van der Waals surface area contributed by atoms with Gasteiger partial charge in [0.05, 0.1) is 0 Å². The Kier molecular flexibility index (Phi) is 2.33. The lowest BCUT2D eigenvalue weighted by Crippen LogP contribution is -2.39. The lowest BCUT2D eigenvalue weighted by atomic mass is 9.76. The second-order valence-corrected chi connectivity index (χ2v) is 4.50. The van der Waals surface area contributed by atoms with E-state index in [4.69, 9.17) is 4.74 Å². The Morgan fingerprint density at radius 2 is 2.00 bits per heavy atom. The summed E-state index contributed by atoms with van der Waals surface area (Å²) in [5, 5.41) is 0. The van der Waals surface area contributed by atoms with Crippen LogP contribution in [-0.4, -0.2) is 17.4 Å². The molecule has 1 atom stereocenters. The Bertz CT molecular complexity index is 279. The standard InChI is InChI=1S/C11H17NO2/c1-8-12-11(2,10(13)14-8)9-6-4-3-5-7-9/h9H,3-7H2,1-2H3. The highest BCUT2D eigenvalue weighted by atomic mass is 16.6. The maximum atomic E-state index is 11.7. The van der Waals surface area contributed by atoms with Crippen molar-refractivity contribution in [3.05, 3.63) is 0 Å². The van der Waals surface area contributed by atoms with Gasteiger partial charge in [0.25, 0.3) is 0 Å². The van der Waals surface area contributed by atoms with Gasteiger partial charge >= 0.3 is 5.97 Å². The van der Waals surface area contributed by atoms with Crippen LogP contribution in [0.15, 0.2) is 4.99 Å². The zero-order chi connectivity index (χ0) is 10.2. The van der Waals surface area contributed by atoms with E-state index in [1.165, 1.54) is 19.3 Å². The Balaban J connectivity index is 2.17. The molecule has 1 saturated carbocycles.